The predicted molar refractivity (Wildman–Crippen MR) is 90.9 cm³/mol. The molecule has 0 saturated carbocycles. The summed E-state index contributed by atoms with van der Waals surface area (Å²) in [6, 6.07) is 0.271. The Morgan fingerprint density at radius 2 is 1.29 bits per heavy atom. The molecule has 0 radical (unpaired) electrons. The fourth-order valence-corrected chi connectivity index (χ4v) is 1.71. The monoisotopic (exact) mass is 375 g/mol. The normalized spacial score (nSPS) is 23.0. The topological polar surface area (TPSA) is 70.5 Å². The van der Waals surface area contributed by atoms with Crippen molar-refractivity contribution >= 4 is 20.2 Å². The van der Waals surface area contributed by atoms with Crippen molar-refractivity contribution < 1.29 is 13.1 Å². The second-order valence-corrected chi connectivity index (χ2v) is 6.23. The van der Waals surface area contributed by atoms with E-state index in [1.165, 1.54) is 0 Å². The zero-order valence-corrected chi connectivity index (χ0v) is 15.0. The van der Waals surface area contributed by atoms with E-state index in [-0.39, 0.29) is 19.2 Å². The van der Waals surface area contributed by atoms with Crippen LogP contribution in [-0.2, 0) is 13.1 Å². The van der Waals surface area contributed by atoms with Crippen LogP contribution in [0.15, 0.2) is 12.7 Å². The van der Waals surface area contributed by atoms with Gasteiger partial charge in [0, 0.05) is 0 Å². The van der Waals surface area contributed by atoms with E-state index < -0.39 is 0 Å². The molecular formula is C13H24Cl2MnN5-5. The van der Waals surface area contributed by atoms with Crippen LogP contribution in [0.25, 0.3) is 26.6 Å². The standard InChI is InChI=1S/C13H24N5.2ClH.Mn/c1-2-3-13-12-17-9-8-15-5-4-14-6-7-16-10-11-18-13;;;/h2,13H,1,3-12H2;2*1H;/q-5;;;+2/p-2. The molecule has 0 spiro atoms. The van der Waals surface area contributed by atoms with Crippen LogP contribution in [0.4, 0.5) is 0 Å². The van der Waals surface area contributed by atoms with Crippen LogP contribution in [0.3, 0.4) is 0 Å². The van der Waals surface area contributed by atoms with Gasteiger partial charge in [0.15, 0.2) is 0 Å². The first kappa shape index (κ1) is 21.6. The van der Waals surface area contributed by atoms with Crippen LogP contribution >= 0.6 is 20.2 Å². The van der Waals surface area contributed by atoms with Crippen molar-refractivity contribution in [2.45, 2.75) is 12.5 Å². The van der Waals surface area contributed by atoms with Crippen LogP contribution in [0, 0.1) is 0 Å². The van der Waals surface area contributed by atoms with Crippen molar-refractivity contribution in [3.8, 4) is 0 Å². The summed E-state index contributed by atoms with van der Waals surface area (Å²) >= 11 is 0.00694. The van der Waals surface area contributed by atoms with Gasteiger partial charge in [0.25, 0.3) is 0 Å². The van der Waals surface area contributed by atoms with Gasteiger partial charge in [-0.3, -0.25) is 0 Å². The molecule has 5 nitrogen and oxygen atoms in total. The van der Waals surface area contributed by atoms with Crippen LogP contribution in [-0.4, -0.2) is 64.9 Å². The van der Waals surface area contributed by atoms with Gasteiger partial charge in [-0.1, -0.05) is 12.5 Å². The summed E-state index contributed by atoms with van der Waals surface area (Å²) in [7, 11) is 9.59. The summed E-state index contributed by atoms with van der Waals surface area (Å²) in [6.45, 7) is 11.0. The Labute approximate surface area is 144 Å². The summed E-state index contributed by atoms with van der Waals surface area (Å²) in [6.07, 6.45) is 2.81. The molecule has 0 N–H and O–H groups in total. The fourth-order valence-electron chi connectivity index (χ4n) is 1.71. The van der Waals surface area contributed by atoms with E-state index in [0.29, 0.717) is 0 Å². The molecule has 1 aliphatic rings. The number of rotatable bonds is 2. The molecule has 1 heterocycles. The molecule has 0 aromatic rings. The molecule has 1 rings (SSSR count). The quantitative estimate of drug-likeness (QED) is 0.512. The van der Waals surface area contributed by atoms with Gasteiger partial charge in [-0.15, -0.1) is 6.58 Å². The van der Waals surface area contributed by atoms with Crippen molar-refractivity contribution in [3.63, 3.8) is 0 Å². The summed E-state index contributed by atoms with van der Waals surface area (Å²) in [4.78, 5) is 0. The average molecular weight is 376 g/mol. The van der Waals surface area contributed by atoms with E-state index in [4.69, 9.17) is 20.2 Å². The van der Waals surface area contributed by atoms with Crippen LogP contribution < -0.4 is 0 Å². The predicted octanol–water partition coefficient (Wildman–Crippen LogP) is 4.19. The molecule has 21 heavy (non-hydrogen) atoms. The molecule has 0 aromatic heterocycles. The molecule has 127 valence electrons. The fraction of sp³-hybridized carbons (Fsp3) is 0.846. The number of nitrogens with zero attached hydrogens (tertiary/aromatic N) is 5. The van der Waals surface area contributed by atoms with Crippen molar-refractivity contribution in [1.82, 2.24) is 0 Å². The Hall–Kier alpha value is 0.639. The number of halogens is 2. The van der Waals surface area contributed by atoms with Crippen molar-refractivity contribution in [1.29, 1.82) is 0 Å². The third kappa shape index (κ3) is 16.8. The molecule has 0 aromatic carbocycles. The van der Waals surface area contributed by atoms with Gasteiger partial charge >= 0.3 is 33.3 Å². The number of hydrogen-bond acceptors (Lipinski definition) is 0. The van der Waals surface area contributed by atoms with Crippen LogP contribution in [0.1, 0.15) is 6.42 Å². The zero-order valence-electron chi connectivity index (χ0n) is 12.3. The third-order valence-corrected chi connectivity index (χ3v) is 2.67. The molecule has 1 fully saturated rings. The maximum atomic E-state index is 4.80. The van der Waals surface area contributed by atoms with E-state index in [2.05, 4.69) is 33.2 Å². The Morgan fingerprint density at radius 1 is 0.857 bits per heavy atom. The minimum absolute atomic E-state index is 0.00694. The molecule has 0 aliphatic carbocycles. The maximum absolute atomic E-state index is 4.80. The third-order valence-electron chi connectivity index (χ3n) is 2.67. The van der Waals surface area contributed by atoms with E-state index in [1.54, 1.807) is 0 Å². The summed E-state index contributed by atoms with van der Waals surface area (Å²) < 4.78 is 0. The molecule has 8 heteroatoms. The van der Waals surface area contributed by atoms with Gasteiger partial charge in [0.1, 0.15) is 0 Å². The summed E-state index contributed by atoms with van der Waals surface area (Å²) in [5, 5.41) is 22.2. The Bertz CT molecular complexity index is 209. The first-order valence-corrected chi connectivity index (χ1v) is 10.3. The van der Waals surface area contributed by atoms with Gasteiger partial charge in [-0.05, 0) is 0 Å². The van der Waals surface area contributed by atoms with E-state index >= 15 is 0 Å². The van der Waals surface area contributed by atoms with Crippen LogP contribution in [0.2, 0.25) is 0 Å². The first-order chi connectivity index (χ1) is 10.3. The van der Waals surface area contributed by atoms with Crippen molar-refractivity contribution in [2.75, 3.05) is 58.9 Å². The van der Waals surface area contributed by atoms with E-state index in [1.807, 2.05) is 6.08 Å². The van der Waals surface area contributed by atoms with Gasteiger partial charge in [-0.2, -0.15) is 64.9 Å². The van der Waals surface area contributed by atoms with Gasteiger partial charge in [-0.25, -0.2) is 0 Å². The summed E-state index contributed by atoms with van der Waals surface area (Å²) in [5.74, 6) is 0. The van der Waals surface area contributed by atoms with Crippen molar-refractivity contribution in [2.24, 2.45) is 0 Å². The Kier molecular flexibility index (Phi) is 19.3. The van der Waals surface area contributed by atoms with Crippen LogP contribution in [0.5, 0.6) is 0 Å². The van der Waals surface area contributed by atoms with Gasteiger partial charge in [0.05, 0.1) is 0 Å². The molecule has 1 unspecified atom stereocenters. The first-order valence-electron chi connectivity index (χ1n) is 7.02. The summed E-state index contributed by atoms with van der Waals surface area (Å²) in [5.41, 5.74) is 0. The van der Waals surface area contributed by atoms with Gasteiger partial charge in [0.2, 0.25) is 0 Å². The molecule has 1 aliphatic heterocycles. The van der Waals surface area contributed by atoms with E-state index in [9.17, 15) is 0 Å². The molecule has 1 atom stereocenters. The second kappa shape index (κ2) is 18.7. The molecule has 0 bridgehead atoms. The molecule has 1 saturated heterocycles. The Morgan fingerprint density at radius 3 is 1.76 bits per heavy atom. The molecule has 0 amide bonds. The number of hydrogen-bond donors (Lipinski definition) is 0. The van der Waals surface area contributed by atoms with Gasteiger partial charge < -0.3 is 26.6 Å². The Balaban J connectivity index is 0.00000122. The van der Waals surface area contributed by atoms with Crippen molar-refractivity contribution in [3.05, 3.63) is 39.2 Å². The SMILES string of the molecule is C=CCC1C[N-]CC[N-]CC[N-]CC[N-]CC[N-]1.[Cl][Mn][Cl]. The second-order valence-electron chi connectivity index (χ2n) is 4.28. The molecular weight excluding hydrogens is 352 g/mol. The van der Waals surface area contributed by atoms with E-state index in [0.717, 1.165) is 65.3 Å². The average Bonchev–Trinajstić information content (AvgIpc) is 2.48. The minimum atomic E-state index is 0.00694. The zero-order chi connectivity index (χ0) is 15.6.